The summed E-state index contributed by atoms with van der Waals surface area (Å²) in [7, 11) is -3.87. The lowest BCUT2D eigenvalue weighted by Gasteiger charge is -2.35. The summed E-state index contributed by atoms with van der Waals surface area (Å²) in [6, 6.07) is 4.22. The van der Waals surface area contributed by atoms with E-state index in [0.717, 1.165) is 23.6 Å². The lowest BCUT2D eigenvalue weighted by atomic mass is 10.1. The van der Waals surface area contributed by atoms with Gasteiger partial charge in [0, 0.05) is 42.8 Å². The summed E-state index contributed by atoms with van der Waals surface area (Å²) in [5.74, 6) is 0.596. The average molecular weight is 457 g/mol. The predicted molar refractivity (Wildman–Crippen MR) is 103 cm³/mol. The van der Waals surface area contributed by atoms with Crippen molar-refractivity contribution >= 4 is 31.9 Å². The van der Waals surface area contributed by atoms with Crippen LogP contribution in [0.4, 0.5) is 0 Å². The number of nitrogens with zero attached hydrogens (tertiary/aromatic N) is 3. The number of sulfonamides is 1. The van der Waals surface area contributed by atoms with Crippen molar-refractivity contribution < 1.29 is 17.7 Å². The van der Waals surface area contributed by atoms with E-state index in [-0.39, 0.29) is 10.8 Å². The predicted octanol–water partition coefficient (Wildman–Crippen LogP) is 1.66. The molecule has 0 atom stereocenters. The van der Waals surface area contributed by atoms with E-state index >= 15 is 0 Å². The van der Waals surface area contributed by atoms with Crippen LogP contribution in [0.1, 0.15) is 27.4 Å². The lowest BCUT2D eigenvalue weighted by Crippen LogP contribution is -2.48. The highest BCUT2D eigenvalue weighted by molar-refractivity contribution is 9.10. The van der Waals surface area contributed by atoms with Crippen LogP contribution in [0, 0.1) is 13.8 Å². The lowest BCUT2D eigenvalue weighted by molar-refractivity contribution is 0.0626. The third-order valence-electron chi connectivity index (χ3n) is 4.72. The molecule has 27 heavy (non-hydrogen) atoms. The van der Waals surface area contributed by atoms with Crippen LogP contribution in [-0.4, -0.2) is 55.5 Å². The molecular formula is C17H21BrN4O4S. The summed E-state index contributed by atoms with van der Waals surface area (Å²) < 4.78 is 28.9. The Morgan fingerprint density at radius 2 is 1.93 bits per heavy atom. The molecule has 0 saturated carbocycles. The van der Waals surface area contributed by atoms with Crippen molar-refractivity contribution in [3.63, 3.8) is 0 Å². The van der Waals surface area contributed by atoms with Crippen molar-refractivity contribution in [2.75, 3.05) is 26.2 Å². The molecule has 0 unspecified atom stereocenters. The summed E-state index contributed by atoms with van der Waals surface area (Å²) in [6.07, 6.45) is 0. The van der Waals surface area contributed by atoms with Crippen molar-refractivity contribution in [3.8, 4) is 0 Å². The summed E-state index contributed by atoms with van der Waals surface area (Å²) in [4.78, 5) is 16.7. The van der Waals surface area contributed by atoms with Crippen LogP contribution in [0.5, 0.6) is 0 Å². The average Bonchev–Trinajstić information content (AvgIpc) is 2.93. The second kappa shape index (κ2) is 7.70. The number of nitrogens with two attached hydrogens (primary N) is 1. The molecular weight excluding hydrogens is 436 g/mol. The van der Waals surface area contributed by atoms with E-state index in [4.69, 9.17) is 9.66 Å². The Hall–Kier alpha value is -1.75. The van der Waals surface area contributed by atoms with E-state index in [0.29, 0.717) is 36.2 Å². The van der Waals surface area contributed by atoms with Crippen LogP contribution in [0.3, 0.4) is 0 Å². The van der Waals surface area contributed by atoms with Crippen LogP contribution in [-0.2, 0) is 16.6 Å². The van der Waals surface area contributed by atoms with Crippen molar-refractivity contribution in [3.05, 3.63) is 45.3 Å². The number of hydrogen-bond donors (Lipinski definition) is 1. The molecule has 1 aliphatic rings. The first-order chi connectivity index (χ1) is 12.7. The maximum atomic E-state index is 12.8. The van der Waals surface area contributed by atoms with Gasteiger partial charge in [0.05, 0.1) is 16.2 Å². The summed E-state index contributed by atoms with van der Waals surface area (Å²) >= 11 is 3.32. The van der Waals surface area contributed by atoms with Crippen molar-refractivity contribution in [2.24, 2.45) is 5.14 Å². The van der Waals surface area contributed by atoms with Crippen molar-refractivity contribution in [1.82, 2.24) is 15.0 Å². The number of carbonyl (C=O) groups is 1. The minimum atomic E-state index is -3.87. The molecule has 3 rings (SSSR count). The van der Waals surface area contributed by atoms with Crippen LogP contribution < -0.4 is 5.14 Å². The molecule has 1 aromatic carbocycles. The Labute approximate surface area is 166 Å². The van der Waals surface area contributed by atoms with Gasteiger partial charge >= 0.3 is 0 Å². The van der Waals surface area contributed by atoms with Gasteiger partial charge in [0.15, 0.2) is 0 Å². The molecule has 0 bridgehead atoms. The first-order valence-electron chi connectivity index (χ1n) is 8.42. The first-order valence-corrected chi connectivity index (χ1v) is 10.8. The van der Waals surface area contributed by atoms with E-state index in [1.54, 1.807) is 4.90 Å². The molecule has 1 aromatic heterocycles. The standard InChI is InChI=1S/C17H21BrN4O4S/c1-11-15(12(2)26-20-11)10-21-5-7-22(8-6-21)17(23)14-9-13(27(19,24)25)3-4-16(14)18/h3-4,9H,5-8,10H2,1-2H3,(H2,19,24,25). The highest BCUT2D eigenvalue weighted by Gasteiger charge is 2.25. The largest absolute Gasteiger partial charge is 0.361 e. The number of hydrogen-bond acceptors (Lipinski definition) is 6. The summed E-state index contributed by atoms with van der Waals surface area (Å²) in [5, 5.41) is 9.15. The normalized spacial score (nSPS) is 15.9. The first kappa shape index (κ1) is 20.0. The van der Waals surface area contributed by atoms with Gasteiger partial charge in [0.2, 0.25) is 10.0 Å². The van der Waals surface area contributed by atoms with Gasteiger partial charge in [0.25, 0.3) is 5.91 Å². The molecule has 1 amide bonds. The molecule has 0 aliphatic carbocycles. The molecule has 1 saturated heterocycles. The van der Waals surface area contributed by atoms with Crippen LogP contribution in [0.25, 0.3) is 0 Å². The van der Waals surface area contributed by atoms with Gasteiger partial charge in [0.1, 0.15) is 5.76 Å². The van der Waals surface area contributed by atoms with Gasteiger partial charge in [-0.05, 0) is 48.0 Å². The fraction of sp³-hybridized carbons (Fsp3) is 0.412. The molecule has 2 aromatic rings. The third-order valence-corrected chi connectivity index (χ3v) is 6.32. The fourth-order valence-electron chi connectivity index (χ4n) is 3.08. The summed E-state index contributed by atoms with van der Waals surface area (Å²) in [6.45, 7) is 7.06. The Kier molecular flexibility index (Phi) is 5.71. The third kappa shape index (κ3) is 4.40. The fourth-order valence-corrected chi connectivity index (χ4v) is 4.03. The van der Waals surface area contributed by atoms with Gasteiger partial charge in [-0.25, -0.2) is 13.6 Å². The zero-order chi connectivity index (χ0) is 19.8. The number of amides is 1. The minimum absolute atomic E-state index is 0.0777. The van der Waals surface area contributed by atoms with Gasteiger partial charge in [-0.2, -0.15) is 0 Å². The molecule has 0 spiro atoms. The number of rotatable bonds is 4. The van der Waals surface area contributed by atoms with Crippen LogP contribution in [0.2, 0.25) is 0 Å². The highest BCUT2D eigenvalue weighted by atomic mass is 79.9. The monoisotopic (exact) mass is 456 g/mol. The van der Waals surface area contributed by atoms with Gasteiger partial charge in [-0.15, -0.1) is 0 Å². The smallest absolute Gasteiger partial charge is 0.255 e. The molecule has 1 aliphatic heterocycles. The number of aromatic nitrogens is 1. The molecule has 0 radical (unpaired) electrons. The van der Waals surface area contributed by atoms with E-state index in [1.807, 2.05) is 13.8 Å². The molecule has 2 N–H and O–H groups in total. The number of primary sulfonamides is 1. The topological polar surface area (TPSA) is 110 Å². The highest BCUT2D eigenvalue weighted by Crippen LogP contribution is 2.23. The maximum Gasteiger partial charge on any atom is 0.255 e. The minimum Gasteiger partial charge on any atom is -0.361 e. The van der Waals surface area contributed by atoms with E-state index in [1.165, 1.54) is 18.2 Å². The van der Waals surface area contributed by atoms with Gasteiger partial charge in [-0.3, -0.25) is 9.69 Å². The van der Waals surface area contributed by atoms with E-state index in [9.17, 15) is 13.2 Å². The zero-order valence-electron chi connectivity index (χ0n) is 15.1. The number of halogens is 1. The Morgan fingerprint density at radius 1 is 1.26 bits per heavy atom. The Morgan fingerprint density at radius 3 is 2.48 bits per heavy atom. The molecule has 2 heterocycles. The Balaban J connectivity index is 1.69. The van der Waals surface area contributed by atoms with Crippen LogP contribution in [0.15, 0.2) is 32.1 Å². The molecule has 10 heteroatoms. The number of carbonyl (C=O) groups excluding carboxylic acids is 1. The SMILES string of the molecule is Cc1noc(C)c1CN1CCN(C(=O)c2cc(S(N)(=O)=O)ccc2Br)CC1. The number of aryl methyl sites for hydroxylation is 2. The molecule has 8 nitrogen and oxygen atoms in total. The number of benzene rings is 1. The second-order valence-corrected chi connectivity index (χ2v) is 8.97. The molecule has 1 fully saturated rings. The quantitative estimate of drug-likeness (QED) is 0.748. The van der Waals surface area contributed by atoms with Crippen LogP contribution >= 0.6 is 15.9 Å². The van der Waals surface area contributed by atoms with E-state index in [2.05, 4.69) is 26.0 Å². The van der Waals surface area contributed by atoms with Crippen molar-refractivity contribution in [1.29, 1.82) is 0 Å². The second-order valence-electron chi connectivity index (χ2n) is 6.56. The van der Waals surface area contributed by atoms with Gasteiger partial charge in [-0.1, -0.05) is 5.16 Å². The van der Waals surface area contributed by atoms with Crippen molar-refractivity contribution in [2.45, 2.75) is 25.3 Å². The Bertz CT molecular complexity index is 946. The number of piperazine rings is 1. The maximum absolute atomic E-state index is 12.8. The van der Waals surface area contributed by atoms with E-state index < -0.39 is 10.0 Å². The summed E-state index contributed by atoms with van der Waals surface area (Å²) in [5.41, 5.74) is 2.26. The molecule has 146 valence electrons. The van der Waals surface area contributed by atoms with Gasteiger partial charge < -0.3 is 9.42 Å². The zero-order valence-corrected chi connectivity index (χ0v) is 17.5.